The van der Waals surface area contributed by atoms with Gasteiger partial charge in [0.15, 0.2) is 0 Å². The SMILES string of the molecule is C[Si](C)(C)c1cc2cc(OS(=O)(=O)C(F)(F)F)c([Si](C)(C)C)cc2cc1OS(=O)(=O)C(F)(F)F. The Kier molecular flexibility index (Phi) is 7.04. The molecular formula is C18H22F6O6S2Si2. The number of alkyl halides is 6. The molecule has 192 valence electrons. The lowest BCUT2D eigenvalue weighted by Crippen LogP contribution is -2.41. The second-order valence-corrected chi connectivity index (χ2v) is 22.7. The van der Waals surface area contributed by atoms with Crippen LogP contribution in [0.25, 0.3) is 10.8 Å². The molecule has 0 spiro atoms. The van der Waals surface area contributed by atoms with E-state index in [1.54, 1.807) is 39.3 Å². The van der Waals surface area contributed by atoms with Crippen molar-refractivity contribution in [3.63, 3.8) is 0 Å². The molecule has 0 saturated heterocycles. The summed E-state index contributed by atoms with van der Waals surface area (Å²) >= 11 is 0. The molecule has 0 aliphatic heterocycles. The van der Waals surface area contributed by atoms with E-state index in [0.29, 0.717) is 0 Å². The summed E-state index contributed by atoms with van der Waals surface area (Å²) in [5.41, 5.74) is -11.3. The minimum Gasteiger partial charge on any atom is -0.376 e. The summed E-state index contributed by atoms with van der Waals surface area (Å²) < 4.78 is 133. The Morgan fingerprint density at radius 1 is 0.588 bits per heavy atom. The fourth-order valence-electron chi connectivity index (χ4n) is 2.95. The van der Waals surface area contributed by atoms with Crippen LogP contribution in [0.1, 0.15) is 0 Å². The summed E-state index contributed by atoms with van der Waals surface area (Å²) in [7, 11) is -17.1. The van der Waals surface area contributed by atoms with Gasteiger partial charge in [0.05, 0.1) is 16.1 Å². The predicted octanol–water partition coefficient (Wildman–Crippen LogP) is 4.39. The lowest BCUT2D eigenvalue weighted by atomic mass is 10.1. The molecule has 0 N–H and O–H groups in total. The maximum Gasteiger partial charge on any atom is 0.534 e. The highest BCUT2D eigenvalue weighted by atomic mass is 32.2. The summed E-state index contributed by atoms with van der Waals surface area (Å²) in [6.07, 6.45) is 0. The zero-order chi connectivity index (χ0) is 26.7. The average Bonchev–Trinajstić information content (AvgIpc) is 2.56. The highest BCUT2D eigenvalue weighted by Crippen LogP contribution is 2.33. The Morgan fingerprint density at radius 3 is 1.06 bits per heavy atom. The van der Waals surface area contributed by atoms with Crippen molar-refractivity contribution in [2.45, 2.75) is 50.3 Å². The molecule has 0 fully saturated rings. The average molecular weight is 569 g/mol. The van der Waals surface area contributed by atoms with Crippen molar-refractivity contribution < 1.29 is 51.5 Å². The van der Waals surface area contributed by atoms with Crippen LogP contribution >= 0.6 is 0 Å². The van der Waals surface area contributed by atoms with Crippen molar-refractivity contribution in [3.8, 4) is 11.5 Å². The van der Waals surface area contributed by atoms with Crippen LogP contribution in [-0.2, 0) is 20.2 Å². The molecule has 0 aliphatic carbocycles. The molecule has 0 aromatic heterocycles. The van der Waals surface area contributed by atoms with Crippen molar-refractivity contribution >= 4 is 57.5 Å². The standard InChI is InChI=1S/C18H22F6O6S2Si2/c1-33(2,3)15-9-11-8-14(30-32(27,28)18(22,23)24)16(34(4,5)6)10-12(11)7-13(15)29-31(25,26)17(19,20)21/h7-10H,1-6H3. The van der Waals surface area contributed by atoms with Crippen LogP contribution < -0.4 is 18.7 Å². The van der Waals surface area contributed by atoms with Gasteiger partial charge in [0.25, 0.3) is 0 Å². The van der Waals surface area contributed by atoms with Crippen molar-refractivity contribution in [3.05, 3.63) is 24.3 Å². The fraction of sp³-hybridized carbons (Fsp3) is 0.444. The lowest BCUT2D eigenvalue weighted by Gasteiger charge is -2.24. The van der Waals surface area contributed by atoms with E-state index in [0.717, 1.165) is 12.1 Å². The molecular weight excluding hydrogens is 546 g/mol. The van der Waals surface area contributed by atoms with Crippen LogP contribution in [0.3, 0.4) is 0 Å². The van der Waals surface area contributed by atoms with E-state index in [4.69, 9.17) is 0 Å². The highest BCUT2D eigenvalue weighted by Gasteiger charge is 2.50. The summed E-state index contributed by atoms with van der Waals surface area (Å²) in [4.78, 5) is 0. The van der Waals surface area contributed by atoms with Gasteiger partial charge < -0.3 is 8.37 Å². The molecule has 0 saturated carbocycles. The molecule has 34 heavy (non-hydrogen) atoms. The summed E-state index contributed by atoms with van der Waals surface area (Å²) in [6.45, 7) is 10.1. The van der Waals surface area contributed by atoms with Crippen molar-refractivity contribution in [1.82, 2.24) is 0 Å². The second kappa shape index (κ2) is 8.41. The van der Waals surface area contributed by atoms with E-state index in [-0.39, 0.29) is 21.1 Å². The zero-order valence-corrected chi connectivity index (χ0v) is 22.5. The molecule has 2 aromatic carbocycles. The molecule has 0 aliphatic rings. The molecule has 2 rings (SSSR count). The number of hydrogen-bond acceptors (Lipinski definition) is 6. The van der Waals surface area contributed by atoms with Gasteiger partial charge in [-0.15, -0.1) is 0 Å². The lowest BCUT2D eigenvalue weighted by molar-refractivity contribution is -0.0504. The third kappa shape index (κ3) is 5.88. The van der Waals surface area contributed by atoms with Gasteiger partial charge >= 0.3 is 31.3 Å². The minimum absolute atomic E-state index is 0.123. The third-order valence-corrected chi connectivity index (χ3v) is 10.6. The van der Waals surface area contributed by atoms with Crippen molar-refractivity contribution in [2.75, 3.05) is 0 Å². The zero-order valence-electron chi connectivity index (χ0n) is 18.8. The minimum atomic E-state index is -5.99. The first kappa shape index (κ1) is 28.5. The number of rotatable bonds is 6. The Labute approximate surface area is 195 Å². The molecule has 0 atom stereocenters. The third-order valence-electron chi connectivity index (χ3n) is 4.62. The van der Waals surface area contributed by atoms with Crippen LogP contribution in [0, 0.1) is 0 Å². The molecule has 0 unspecified atom stereocenters. The Morgan fingerprint density at radius 2 is 0.853 bits per heavy atom. The number of fused-ring (bicyclic) bond motifs is 1. The highest BCUT2D eigenvalue weighted by molar-refractivity contribution is 7.88. The van der Waals surface area contributed by atoms with Gasteiger partial charge in [0, 0.05) is 0 Å². The normalized spacial score (nSPS) is 14.4. The van der Waals surface area contributed by atoms with E-state index >= 15 is 0 Å². The fourth-order valence-corrected chi connectivity index (χ4v) is 6.94. The topological polar surface area (TPSA) is 86.7 Å². The van der Waals surface area contributed by atoms with Crippen LogP contribution in [-0.4, -0.2) is 44.0 Å². The van der Waals surface area contributed by atoms with Crippen LogP contribution in [0.4, 0.5) is 26.3 Å². The van der Waals surface area contributed by atoms with Gasteiger partial charge in [-0.3, -0.25) is 0 Å². The monoisotopic (exact) mass is 568 g/mol. The van der Waals surface area contributed by atoms with E-state index in [1.165, 1.54) is 12.1 Å². The first-order valence-corrected chi connectivity index (χ1v) is 19.3. The van der Waals surface area contributed by atoms with Gasteiger partial charge in [-0.05, 0) is 33.3 Å². The van der Waals surface area contributed by atoms with Gasteiger partial charge in [-0.25, -0.2) is 0 Å². The predicted molar refractivity (Wildman–Crippen MR) is 121 cm³/mol. The molecule has 0 radical (unpaired) electrons. The summed E-state index contributed by atoms with van der Waals surface area (Å²) in [5, 5.41) is 0.531. The number of halogens is 6. The second-order valence-electron chi connectivity index (χ2n) is 9.51. The Hall–Kier alpha value is -1.79. The smallest absolute Gasteiger partial charge is 0.376 e. The van der Waals surface area contributed by atoms with Gasteiger partial charge in [-0.1, -0.05) is 51.4 Å². The molecule has 2 aromatic rings. The Balaban J connectivity index is 2.88. The van der Waals surface area contributed by atoms with E-state index in [2.05, 4.69) is 8.37 Å². The van der Waals surface area contributed by atoms with Crippen molar-refractivity contribution in [2.24, 2.45) is 0 Å². The first-order valence-electron chi connectivity index (χ1n) is 9.51. The van der Waals surface area contributed by atoms with E-state index < -0.39 is 58.9 Å². The molecule has 0 amide bonds. The van der Waals surface area contributed by atoms with Gasteiger partial charge in [-0.2, -0.15) is 43.2 Å². The van der Waals surface area contributed by atoms with E-state index in [1.807, 2.05) is 0 Å². The molecule has 0 heterocycles. The molecule has 16 heteroatoms. The number of hydrogen-bond donors (Lipinski definition) is 0. The first-order chi connectivity index (χ1) is 14.9. The summed E-state index contributed by atoms with van der Waals surface area (Å²) in [5.74, 6) is -1.11. The van der Waals surface area contributed by atoms with Gasteiger partial charge in [0.1, 0.15) is 11.5 Å². The van der Waals surface area contributed by atoms with E-state index in [9.17, 15) is 43.2 Å². The number of benzene rings is 2. The Bertz CT molecular complexity index is 1220. The van der Waals surface area contributed by atoms with Crippen molar-refractivity contribution in [1.29, 1.82) is 0 Å². The van der Waals surface area contributed by atoms with Crippen LogP contribution in [0.2, 0.25) is 39.3 Å². The molecule has 0 bridgehead atoms. The largest absolute Gasteiger partial charge is 0.534 e. The quantitative estimate of drug-likeness (QED) is 0.222. The maximum atomic E-state index is 12.9. The maximum absolute atomic E-state index is 12.9. The summed E-state index contributed by atoms with van der Waals surface area (Å²) in [6, 6.07) is 4.67. The van der Waals surface area contributed by atoms with Gasteiger partial charge in [0.2, 0.25) is 0 Å². The van der Waals surface area contributed by atoms with Crippen LogP contribution in [0.15, 0.2) is 24.3 Å². The molecule has 6 nitrogen and oxygen atoms in total. The van der Waals surface area contributed by atoms with Crippen LogP contribution in [0.5, 0.6) is 11.5 Å².